The zero-order valence-electron chi connectivity index (χ0n) is 9.61. The van der Waals surface area contributed by atoms with Gasteiger partial charge in [0.05, 0.1) is 10.2 Å². The quantitative estimate of drug-likeness (QED) is 0.677. The number of hydrogen-bond acceptors (Lipinski definition) is 2. The third-order valence-electron chi connectivity index (χ3n) is 2.15. The summed E-state index contributed by atoms with van der Waals surface area (Å²) in [5.74, 6) is 0. The Balaban J connectivity index is 2.74. The van der Waals surface area contributed by atoms with E-state index in [1.165, 1.54) is 10.2 Å². The van der Waals surface area contributed by atoms with E-state index in [1.54, 1.807) is 11.3 Å². The molecule has 1 aromatic heterocycles. The highest BCUT2D eigenvalue weighted by atomic mass is 32.1. The molecule has 0 aliphatic heterocycles. The van der Waals surface area contributed by atoms with Crippen molar-refractivity contribution in [2.24, 2.45) is 11.7 Å². The second-order valence-corrected chi connectivity index (χ2v) is 10.3. The van der Waals surface area contributed by atoms with Crippen molar-refractivity contribution in [3.8, 4) is 0 Å². The molecule has 15 heavy (non-hydrogen) atoms. The van der Waals surface area contributed by atoms with Crippen LogP contribution in [0.3, 0.4) is 0 Å². The fourth-order valence-corrected chi connectivity index (χ4v) is 4.09. The van der Waals surface area contributed by atoms with Crippen molar-refractivity contribution in [2.75, 3.05) is 0 Å². The molecule has 0 spiro atoms. The maximum atomic E-state index is 4.85. The lowest BCUT2D eigenvalue weighted by Gasteiger charge is -2.06. The third-order valence-corrected chi connectivity index (χ3v) is 4.30. The predicted octanol–water partition coefficient (Wildman–Crippen LogP) is 2.98. The van der Waals surface area contributed by atoms with E-state index in [0.717, 1.165) is 4.80 Å². The number of para-hydroxylation sites is 1. The first-order chi connectivity index (χ1) is 6.97. The molecule has 0 saturated heterocycles. The molecule has 0 unspecified atom stereocenters. The maximum absolute atomic E-state index is 4.85. The molecular weight excluding hydrogens is 220 g/mol. The number of aryl methyl sites for hydroxylation is 1. The van der Waals surface area contributed by atoms with Gasteiger partial charge >= 0.3 is 0 Å². The fraction of sp³-hybridized carbons (Fsp3) is 0.364. The average molecular weight is 236 g/mol. The van der Waals surface area contributed by atoms with Crippen molar-refractivity contribution < 1.29 is 0 Å². The van der Waals surface area contributed by atoms with Gasteiger partial charge in [-0.2, -0.15) is 0 Å². The molecule has 80 valence electrons. The minimum atomic E-state index is -1.38. The Morgan fingerprint density at radius 2 is 1.87 bits per heavy atom. The second-order valence-electron chi connectivity index (χ2n) is 4.69. The molecule has 0 aliphatic rings. The van der Waals surface area contributed by atoms with E-state index in [4.69, 9.17) is 4.66 Å². The van der Waals surface area contributed by atoms with Gasteiger partial charge in [0.15, 0.2) is 13.0 Å². The summed E-state index contributed by atoms with van der Waals surface area (Å²) in [6.07, 6.45) is 0. The van der Waals surface area contributed by atoms with E-state index in [-0.39, 0.29) is 0 Å². The highest BCUT2D eigenvalue weighted by Crippen LogP contribution is 2.15. The van der Waals surface area contributed by atoms with Gasteiger partial charge in [-0.15, -0.1) is 0 Å². The number of fused-ring (bicyclic) bond motifs is 1. The van der Waals surface area contributed by atoms with E-state index in [9.17, 15) is 0 Å². The molecular formula is C11H16N2SSi. The van der Waals surface area contributed by atoms with Gasteiger partial charge in [-0.25, -0.2) is 0 Å². The summed E-state index contributed by atoms with van der Waals surface area (Å²) in [5.41, 5.74) is 1.28. The Kier molecular flexibility index (Phi) is 2.56. The van der Waals surface area contributed by atoms with Crippen LogP contribution in [-0.2, 0) is 7.05 Å². The molecule has 1 heterocycles. The first-order valence-electron chi connectivity index (χ1n) is 5.08. The lowest BCUT2D eigenvalue weighted by atomic mass is 10.3. The number of aromatic nitrogens is 1. The smallest absolute Gasteiger partial charge is 0.176 e. The minimum Gasteiger partial charge on any atom is -0.321 e. The largest absolute Gasteiger partial charge is 0.321 e. The molecule has 0 N–H and O–H groups in total. The van der Waals surface area contributed by atoms with Crippen molar-refractivity contribution in [3.05, 3.63) is 29.1 Å². The van der Waals surface area contributed by atoms with Crippen LogP contribution in [0, 0.1) is 0 Å². The van der Waals surface area contributed by atoms with E-state index in [1.807, 2.05) is 0 Å². The average Bonchev–Trinajstić information content (AvgIpc) is 2.42. The highest BCUT2D eigenvalue weighted by Gasteiger charge is 2.12. The van der Waals surface area contributed by atoms with Gasteiger partial charge < -0.3 is 4.57 Å². The van der Waals surface area contributed by atoms with Gasteiger partial charge in [0, 0.05) is 7.05 Å². The van der Waals surface area contributed by atoms with Crippen LogP contribution in [0.4, 0.5) is 0 Å². The Morgan fingerprint density at radius 1 is 1.20 bits per heavy atom. The molecule has 0 saturated carbocycles. The van der Waals surface area contributed by atoms with Crippen LogP contribution in [0.5, 0.6) is 0 Å². The summed E-state index contributed by atoms with van der Waals surface area (Å²) < 4.78 is 8.36. The van der Waals surface area contributed by atoms with E-state index >= 15 is 0 Å². The molecule has 2 rings (SSSR count). The lowest BCUT2D eigenvalue weighted by molar-refractivity contribution is 0.916. The van der Waals surface area contributed by atoms with Crippen LogP contribution in [0.15, 0.2) is 28.9 Å². The monoisotopic (exact) mass is 236 g/mol. The van der Waals surface area contributed by atoms with E-state index in [0.29, 0.717) is 0 Å². The number of nitrogens with zero attached hydrogens (tertiary/aromatic N) is 2. The molecule has 4 heteroatoms. The van der Waals surface area contributed by atoms with Crippen molar-refractivity contribution in [1.82, 2.24) is 4.57 Å². The van der Waals surface area contributed by atoms with Gasteiger partial charge in [0.25, 0.3) is 0 Å². The Bertz CT molecular complexity index is 545. The summed E-state index contributed by atoms with van der Waals surface area (Å²) in [4.78, 5) is 1.15. The van der Waals surface area contributed by atoms with Crippen LogP contribution in [0.2, 0.25) is 19.6 Å². The van der Waals surface area contributed by atoms with Crippen LogP contribution in [0.1, 0.15) is 0 Å². The molecule has 0 fully saturated rings. The normalized spacial score (nSPS) is 13.7. The van der Waals surface area contributed by atoms with Gasteiger partial charge in [-0.1, -0.05) is 23.5 Å². The maximum Gasteiger partial charge on any atom is 0.176 e. The molecule has 0 aliphatic carbocycles. The van der Waals surface area contributed by atoms with Gasteiger partial charge in [-0.3, -0.25) is 4.66 Å². The van der Waals surface area contributed by atoms with Crippen LogP contribution in [-0.4, -0.2) is 12.8 Å². The first kappa shape index (κ1) is 10.6. The molecule has 0 bridgehead atoms. The topological polar surface area (TPSA) is 17.3 Å². The summed E-state index contributed by atoms with van der Waals surface area (Å²) in [5, 5.41) is 0. The molecule has 0 radical (unpaired) electrons. The zero-order chi connectivity index (χ0) is 11.1. The van der Waals surface area contributed by atoms with Gasteiger partial charge in [0.1, 0.15) is 0 Å². The van der Waals surface area contributed by atoms with Crippen molar-refractivity contribution in [1.29, 1.82) is 0 Å². The Morgan fingerprint density at radius 3 is 2.47 bits per heavy atom. The number of rotatable bonds is 1. The second kappa shape index (κ2) is 3.61. The summed E-state index contributed by atoms with van der Waals surface area (Å²) in [7, 11) is 0.717. The lowest BCUT2D eigenvalue weighted by Crippen LogP contribution is -2.24. The predicted molar refractivity (Wildman–Crippen MR) is 69.7 cm³/mol. The molecule has 2 aromatic rings. The van der Waals surface area contributed by atoms with Crippen LogP contribution >= 0.6 is 11.3 Å². The zero-order valence-corrected chi connectivity index (χ0v) is 11.4. The standard InChI is InChI=1S/C11H16N2SSi/c1-13-9-7-5-6-8-10(9)14-11(13)12-15(2,3)4/h5-8H,1-4H3. The van der Waals surface area contributed by atoms with Gasteiger partial charge in [-0.05, 0) is 31.8 Å². The summed E-state index contributed by atoms with van der Waals surface area (Å²) in [6.45, 7) is 6.78. The van der Waals surface area contributed by atoms with E-state index < -0.39 is 8.24 Å². The van der Waals surface area contributed by atoms with Crippen molar-refractivity contribution >= 4 is 29.8 Å². The Hall–Kier alpha value is -0.873. The number of hydrogen-bond donors (Lipinski definition) is 0. The minimum absolute atomic E-state index is 1.15. The van der Waals surface area contributed by atoms with E-state index in [2.05, 4.69) is 55.5 Å². The highest BCUT2D eigenvalue weighted by molar-refractivity contribution is 7.16. The molecule has 0 amide bonds. The summed E-state index contributed by atoms with van der Waals surface area (Å²) >= 11 is 1.78. The fourth-order valence-electron chi connectivity index (χ4n) is 1.48. The Labute approximate surface area is 95.0 Å². The molecule has 0 atom stereocenters. The molecule has 2 nitrogen and oxygen atoms in total. The van der Waals surface area contributed by atoms with Crippen molar-refractivity contribution in [3.63, 3.8) is 0 Å². The number of thiazole rings is 1. The third kappa shape index (κ3) is 2.21. The number of benzene rings is 1. The van der Waals surface area contributed by atoms with Crippen LogP contribution < -0.4 is 4.80 Å². The van der Waals surface area contributed by atoms with Crippen LogP contribution in [0.25, 0.3) is 10.2 Å². The van der Waals surface area contributed by atoms with Crippen molar-refractivity contribution in [2.45, 2.75) is 19.6 Å². The SMILES string of the molecule is Cn1c(=N[Si](C)(C)C)sc2ccccc21. The molecule has 1 aromatic carbocycles. The van der Waals surface area contributed by atoms with Gasteiger partial charge in [0.2, 0.25) is 0 Å². The summed E-state index contributed by atoms with van der Waals surface area (Å²) in [6, 6.07) is 8.46. The first-order valence-corrected chi connectivity index (χ1v) is 9.34.